The van der Waals surface area contributed by atoms with E-state index in [0.29, 0.717) is 42.1 Å². The Hall–Kier alpha value is -2.60. The number of hydrogen-bond donors (Lipinski definition) is 3. The number of carbonyl (C=O) groups excluding carboxylic acids is 1. The van der Waals surface area contributed by atoms with Crippen LogP contribution in [0.5, 0.6) is 5.75 Å². The highest BCUT2D eigenvalue weighted by Crippen LogP contribution is 2.62. The van der Waals surface area contributed by atoms with Gasteiger partial charge in [-0.3, -0.25) is 4.79 Å². The normalized spacial score (nSPS) is 32.4. The van der Waals surface area contributed by atoms with Crippen LogP contribution in [0.1, 0.15) is 81.0 Å². The van der Waals surface area contributed by atoms with Gasteiger partial charge in [0.15, 0.2) is 0 Å². The van der Waals surface area contributed by atoms with Gasteiger partial charge in [0.25, 0.3) is 5.91 Å². The standard InChI is InChI=1S/C30H37NO5/c32-27(31-26(28(33)34)29-13-20-12-21(14-29)16-30(35,15-20)18-29)24-11-10-22-8-4-5-9-23(22)25(24)36-17-19-6-2-1-3-7-19/h4-5,8-11,19-21,26,35H,1-3,6-7,12-18H2,(H,31,32)(H,33,34)/t20-,21+,26-,29?,30?/m1/s1. The average Bonchev–Trinajstić information content (AvgIpc) is 2.84. The van der Waals surface area contributed by atoms with Gasteiger partial charge in [0.05, 0.1) is 17.8 Å². The summed E-state index contributed by atoms with van der Waals surface area (Å²) in [6, 6.07) is 10.5. The minimum atomic E-state index is -1.03. The first-order valence-corrected chi connectivity index (χ1v) is 13.7. The van der Waals surface area contributed by atoms with Crippen LogP contribution in [0, 0.1) is 23.2 Å². The van der Waals surface area contributed by atoms with Gasteiger partial charge in [-0.05, 0) is 80.6 Å². The molecular weight excluding hydrogens is 454 g/mol. The van der Waals surface area contributed by atoms with Gasteiger partial charge in [-0.1, -0.05) is 49.6 Å². The van der Waals surface area contributed by atoms with Crippen LogP contribution in [0.2, 0.25) is 0 Å². The third kappa shape index (κ3) is 4.27. The maximum Gasteiger partial charge on any atom is 0.326 e. The molecule has 6 heteroatoms. The van der Waals surface area contributed by atoms with E-state index in [4.69, 9.17) is 4.74 Å². The molecule has 7 rings (SSSR count). The Morgan fingerprint density at radius 3 is 2.42 bits per heavy atom. The zero-order chi connectivity index (χ0) is 24.9. The van der Waals surface area contributed by atoms with Crippen molar-refractivity contribution in [2.45, 2.75) is 82.3 Å². The first kappa shape index (κ1) is 23.8. The van der Waals surface area contributed by atoms with E-state index in [1.807, 2.05) is 30.3 Å². The summed E-state index contributed by atoms with van der Waals surface area (Å²) in [6.45, 7) is 0.566. The molecule has 5 aliphatic rings. The van der Waals surface area contributed by atoms with E-state index < -0.39 is 28.9 Å². The minimum absolute atomic E-state index is 0.338. The van der Waals surface area contributed by atoms with Crippen LogP contribution in [-0.4, -0.2) is 40.3 Å². The molecule has 0 saturated heterocycles. The third-order valence-corrected chi connectivity index (χ3v) is 9.52. The molecule has 3 N–H and O–H groups in total. The molecule has 36 heavy (non-hydrogen) atoms. The topological polar surface area (TPSA) is 95.9 Å². The summed E-state index contributed by atoms with van der Waals surface area (Å²) in [6.07, 6.45) is 10.5. The lowest BCUT2D eigenvalue weighted by atomic mass is 9.46. The molecule has 2 aromatic carbocycles. The average molecular weight is 492 g/mol. The van der Waals surface area contributed by atoms with Crippen LogP contribution in [0.25, 0.3) is 10.8 Å². The fourth-order valence-electron chi connectivity index (χ4n) is 8.44. The number of aliphatic hydroxyl groups is 1. The zero-order valence-electron chi connectivity index (χ0n) is 20.9. The predicted octanol–water partition coefficient (Wildman–Crippen LogP) is 5.31. The number of carboxylic acids is 1. The van der Waals surface area contributed by atoms with E-state index in [1.54, 1.807) is 6.07 Å². The van der Waals surface area contributed by atoms with Crippen molar-refractivity contribution < 1.29 is 24.5 Å². The van der Waals surface area contributed by atoms with Crippen molar-refractivity contribution in [3.05, 3.63) is 42.0 Å². The summed E-state index contributed by atoms with van der Waals surface area (Å²) >= 11 is 0. The summed E-state index contributed by atoms with van der Waals surface area (Å²) in [5.74, 6) is 0.279. The van der Waals surface area contributed by atoms with E-state index in [0.717, 1.165) is 55.7 Å². The molecule has 5 atom stereocenters. The Labute approximate surface area is 212 Å². The Morgan fingerprint density at radius 2 is 1.72 bits per heavy atom. The van der Waals surface area contributed by atoms with Crippen molar-refractivity contribution in [1.82, 2.24) is 5.32 Å². The van der Waals surface area contributed by atoms with E-state index in [-0.39, 0.29) is 0 Å². The molecule has 2 aromatic rings. The minimum Gasteiger partial charge on any atom is -0.492 e. The van der Waals surface area contributed by atoms with Gasteiger partial charge >= 0.3 is 5.97 Å². The molecule has 0 heterocycles. The lowest BCUT2D eigenvalue weighted by Crippen LogP contribution is -2.64. The quantitative estimate of drug-likeness (QED) is 0.488. The Kier molecular flexibility index (Phi) is 5.98. The first-order valence-electron chi connectivity index (χ1n) is 13.7. The maximum absolute atomic E-state index is 13.7. The van der Waals surface area contributed by atoms with Crippen LogP contribution in [-0.2, 0) is 4.79 Å². The Bertz CT molecular complexity index is 1160. The van der Waals surface area contributed by atoms with E-state index in [2.05, 4.69) is 5.32 Å². The molecule has 5 aliphatic carbocycles. The van der Waals surface area contributed by atoms with Crippen molar-refractivity contribution in [2.24, 2.45) is 23.2 Å². The zero-order valence-corrected chi connectivity index (χ0v) is 20.9. The number of benzene rings is 2. The van der Waals surface area contributed by atoms with E-state index in [1.165, 1.54) is 19.3 Å². The predicted molar refractivity (Wildman–Crippen MR) is 137 cm³/mol. The molecule has 0 aliphatic heterocycles. The summed E-state index contributed by atoms with van der Waals surface area (Å²) in [5.41, 5.74) is -1.00. The molecule has 6 nitrogen and oxygen atoms in total. The number of amides is 1. The van der Waals surface area contributed by atoms with Crippen LogP contribution in [0.3, 0.4) is 0 Å². The molecule has 1 amide bonds. The maximum atomic E-state index is 13.7. The second-order valence-corrected chi connectivity index (χ2v) is 12.3. The van der Waals surface area contributed by atoms with Crippen molar-refractivity contribution in [1.29, 1.82) is 0 Å². The van der Waals surface area contributed by atoms with Gasteiger partial charge in [-0.25, -0.2) is 4.79 Å². The van der Waals surface area contributed by atoms with Crippen LogP contribution >= 0.6 is 0 Å². The number of carboxylic acid groups (broad SMARTS) is 1. The largest absolute Gasteiger partial charge is 0.492 e. The van der Waals surface area contributed by atoms with Gasteiger partial charge in [-0.15, -0.1) is 0 Å². The summed E-state index contributed by atoms with van der Waals surface area (Å²) in [4.78, 5) is 26.3. The van der Waals surface area contributed by atoms with Crippen LogP contribution in [0.4, 0.5) is 0 Å². The molecule has 5 saturated carbocycles. The van der Waals surface area contributed by atoms with Gasteiger partial charge in [0, 0.05) is 10.8 Å². The molecule has 0 aromatic heterocycles. The highest BCUT2D eigenvalue weighted by atomic mass is 16.5. The van der Waals surface area contributed by atoms with Gasteiger partial charge in [-0.2, -0.15) is 0 Å². The lowest BCUT2D eigenvalue weighted by molar-refractivity contribution is -0.181. The smallest absolute Gasteiger partial charge is 0.326 e. The Balaban J connectivity index is 1.30. The van der Waals surface area contributed by atoms with Crippen molar-refractivity contribution in [3.8, 4) is 5.75 Å². The first-order chi connectivity index (χ1) is 17.3. The molecule has 2 unspecified atom stereocenters. The fraction of sp³-hybridized carbons (Fsp3) is 0.600. The number of ether oxygens (including phenoxy) is 1. The fourth-order valence-corrected chi connectivity index (χ4v) is 8.44. The number of aliphatic carboxylic acids is 1. The van der Waals surface area contributed by atoms with E-state index >= 15 is 0 Å². The number of nitrogens with one attached hydrogen (secondary N) is 1. The number of rotatable bonds is 7. The SMILES string of the molecule is O=C(N[C@H](C(=O)O)C12C[C@@H]3C[C@@H](CC(O)(C3)C1)C2)c1ccc2ccccc2c1OCC1CCCCC1. The van der Waals surface area contributed by atoms with Gasteiger partial charge < -0.3 is 20.3 Å². The summed E-state index contributed by atoms with van der Waals surface area (Å²) in [5, 5.41) is 26.3. The van der Waals surface area contributed by atoms with Crippen LogP contribution in [0.15, 0.2) is 36.4 Å². The highest BCUT2D eigenvalue weighted by Gasteiger charge is 2.61. The van der Waals surface area contributed by atoms with Crippen LogP contribution < -0.4 is 10.1 Å². The number of carbonyl (C=O) groups is 2. The van der Waals surface area contributed by atoms with Crippen molar-refractivity contribution >= 4 is 22.6 Å². The molecule has 4 bridgehead atoms. The lowest BCUT2D eigenvalue weighted by Gasteiger charge is -2.61. The summed E-state index contributed by atoms with van der Waals surface area (Å²) in [7, 11) is 0. The second kappa shape index (κ2) is 9.05. The second-order valence-electron chi connectivity index (χ2n) is 12.3. The van der Waals surface area contributed by atoms with E-state index in [9.17, 15) is 19.8 Å². The number of hydrogen-bond acceptors (Lipinski definition) is 4. The number of fused-ring (bicyclic) bond motifs is 1. The molecule has 5 fully saturated rings. The molecule has 192 valence electrons. The molecule has 0 spiro atoms. The monoisotopic (exact) mass is 491 g/mol. The Morgan fingerprint density at radius 1 is 1.00 bits per heavy atom. The summed E-state index contributed by atoms with van der Waals surface area (Å²) < 4.78 is 6.37. The molecule has 0 radical (unpaired) electrons. The van der Waals surface area contributed by atoms with Crippen molar-refractivity contribution in [2.75, 3.05) is 6.61 Å². The van der Waals surface area contributed by atoms with Gasteiger partial charge in [0.2, 0.25) is 0 Å². The molecular formula is C30H37NO5. The third-order valence-electron chi connectivity index (χ3n) is 9.52. The highest BCUT2D eigenvalue weighted by molar-refractivity contribution is 6.05. The van der Waals surface area contributed by atoms with Gasteiger partial charge in [0.1, 0.15) is 11.8 Å². The van der Waals surface area contributed by atoms with Crippen molar-refractivity contribution in [3.63, 3.8) is 0 Å².